The minimum Gasteiger partial charge on any atom is -0.463 e. The molecular weight excluding hydrogens is 312 g/mol. The van der Waals surface area contributed by atoms with Crippen LogP contribution in [-0.2, 0) is 38.3 Å². The number of ether oxygens (including phenoxy) is 3. The number of nitrogens with two attached hydrogens (primary N) is 2. The van der Waals surface area contributed by atoms with Crippen molar-refractivity contribution in [3.8, 4) is 0 Å². The fourth-order valence-electron chi connectivity index (χ4n) is 1.26. The lowest BCUT2D eigenvalue weighted by Gasteiger charge is -2.17. The molecule has 0 aliphatic carbocycles. The molecule has 0 aromatic carbocycles. The first-order valence-electron chi connectivity index (χ1n) is 6.27. The van der Waals surface area contributed by atoms with Gasteiger partial charge in [-0.3, -0.25) is 0 Å². The second kappa shape index (κ2) is 9.43. The molecule has 0 heterocycles. The summed E-state index contributed by atoms with van der Waals surface area (Å²) in [7, 11) is 1.01. The summed E-state index contributed by atoms with van der Waals surface area (Å²) < 4.78 is 13.8. The molecule has 130 valence electrons. The van der Waals surface area contributed by atoms with Gasteiger partial charge in [-0.15, -0.1) is 0 Å². The maximum Gasteiger partial charge on any atom is 0.389 e. The molecule has 0 spiro atoms. The predicted molar refractivity (Wildman–Crippen MR) is 75.3 cm³/mol. The standard InChI is InChI=1S/C13H20N2O8/c1-6(2)8(22-14)10(16)20-13(12(18)19-5)21-11(17)9(23-15)7(3)4/h13H,14-15H2,1-5H3. The number of carbonyl (C=O) groups is 3. The van der Waals surface area contributed by atoms with Gasteiger partial charge in [0.1, 0.15) is 0 Å². The molecule has 0 unspecified atom stereocenters. The van der Waals surface area contributed by atoms with E-state index in [-0.39, 0.29) is 11.5 Å². The Bertz CT molecular complexity index is 490. The number of carbonyl (C=O) groups excluding carboxylic acids is 3. The van der Waals surface area contributed by atoms with Gasteiger partial charge in [0.25, 0.3) is 0 Å². The lowest BCUT2D eigenvalue weighted by molar-refractivity contribution is -0.202. The molecule has 4 N–H and O–H groups in total. The Balaban J connectivity index is 5.31. The van der Waals surface area contributed by atoms with Crippen LogP contribution >= 0.6 is 0 Å². The van der Waals surface area contributed by atoms with Crippen molar-refractivity contribution in [3.63, 3.8) is 0 Å². The smallest absolute Gasteiger partial charge is 0.389 e. The van der Waals surface area contributed by atoms with E-state index in [0.717, 1.165) is 7.11 Å². The number of esters is 3. The van der Waals surface area contributed by atoms with E-state index in [4.69, 9.17) is 21.3 Å². The summed E-state index contributed by atoms with van der Waals surface area (Å²) in [4.78, 5) is 44.0. The zero-order valence-corrected chi connectivity index (χ0v) is 13.5. The second-order valence-electron chi connectivity index (χ2n) is 4.56. The average molecular weight is 332 g/mol. The second-order valence-corrected chi connectivity index (χ2v) is 4.56. The molecule has 0 aromatic heterocycles. The summed E-state index contributed by atoms with van der Waals surface area (Å²) in [6, 6.07) is 0. The Kier molecular flexibility index (Phi) is 8.37. The quantitative estimate of drug-likeness (QED) is 0.213. The molecule has 0 saturated carbocycles. The highest BCUT2D eigenvalue weighted by atomic mass is 16.8. The molecule has 0 atom stereocenters. The summed E-state index contributed by atoms with van der Waals surface area (Å²) in [6.45, 7) is 6.08. The van der Waals surface area contributed by atoms with Gasteiger partial charge in [-0.2, -0.15) is 11.8 Å². The van der Waals surface area contributed by atoms with Crippen molar-refractivity contribution in [2.75, 3.05) is 7.11 Å². The molecular formula is C13H20N2O8. The van der Waals surface area contributed by atoms with E-state index in [1.807, 2.05) is 0 Å². The molecule has 0 bridgehead atoms. The Morgan fingerprint density at radius 2 is 1.13 bits per heavy atom. The van der Waals surface area contributed by atoms with Crippen LogP contribution in [0.25, 0.3) is 0 Å². The van der Waals surface area contributed by atoms with Gasteiger partial charge in [-0.1, -0.05) is 0 Å². The van der Waals surface area contributed by atoms with E-state index in [0.29, 0.717) is 11.1 Å². The summed E-state index contributed by atoms with van der Waals surface area (Å²) in [6.07, 6.45) is -1.99. The van der Waals surface area contributed by atoms with Gasteiger partial charge < -0.3 is 23.9 Å². The third kappa shape index (κ3) is 5.96. The van der Waals surface area contributed by atoms with Crippen molar-refractivity contribution in [2.45, 2.75) is 34.0 Å². The monoisotopic (exact) mass is 332 g/mol. The zero-order valence-electron chi connectivity index (χ0n) is 13.5. The summed E-state index contributed by atoms with van der Waals surface area (Å²) in [5.74, 6) is 5.80. The highest BCUT2D eigenvalue weighted by Crippen LogP contribution is 2.12. The van der Waals surface area contributed by atoms with Crippen molar-refractivity contribution < 1.29 is 38.3 Å². The summed E-state index contributed by atoms with van der Waals surface area (Å²) in [5.41, 5.74) is 0.755. The third-order valence-corrected chi connectivity index (χ3v) is 2.34. The highest BCUT2D eigenvalue weighted by Gasteiger charge is 2.32. The first-order chi connectivity index (χ1) is 10.7. The molecule has 0 fully saturated rings. The zero-order chi connectivity index (χ0) is 18.2. The number of rotatable bonds is 7. The summed E-state index contributed by atoms with van der Waals surface area (Å²) >= 11 is 0. The van der Waals surface area contributed by atoms with Crippen molar-refractivity contribution in [1.82, 2.24) is 0 Å². The fourth-order valence-corrected chi connectivity index (χ4v) is 1.26. The van der Waals surface area contributed by atoms with Crippen LogP contribution in [0.1, 0.15) is 27.7 Å². The van der Waals surface area contributed by atoms with Crippen molar-refractivity contribution >= 4 is 17.9 Å². The molecule has 0 aliphatic rings. The van der Waals surface area contributed by atoms with Crippen molar-refractivity contribution in [3.05, 3.63) is 22.7 Å². The lowest BCUT2D eigenvalue weighted by atomic mass is 10.3. The Morgan fingerprint density at radius 3 is 1.35 bits per heavy atom. The van der Waals surface area contributed by atoms with Crippen molar-refractivity contribution in [1.29, 1.82) is 0 Å². The number of hydrogen-bond donors (Lipinski definition) is 2. The highest BCUT2D eigenvalue weighted by molar-refractivity contribution is 5.91. The summed E-state index contributed by atoms with van der Waals surface area (Å²) in [5, 5.41) is 0. The molecule has 0 rings (SSSR count). The normalized spacial score (nSPS) is 9.57. The van der Waals surface area contributed by atoms with E-state index < -0.39 is 24.2 Å². The molecule has 0 amide bonds. The molecule has 0 aliphatic heterocycles. The van der Waals surface area contributed by atoms with E-state index >= 15 is 0 Å². The van der Waals surface area contributed by atoms with Gasteiger partial charge in [0.15, 0.2) is 0 Å². The molecule has 10 heteroatoms. The topological polar surface area (TPSA) is 149 Å². The Labute approximate surface area is 132 Å². The van der Waals surface area contributed by atoms with Crippen LogP contribution in [0.5, 0.6) is 0 Å². The number of hydrogen-bond acceptors (Lipinski definition) is 10. The third-order valence-electron chi connectivity index (χ3n) is 2.34. The predicted octanol–water partition coefficient (Wildman–Crippen LogP) is -0.0597. The minimum atomic E-state index is -1.99. The molecule has 23 heavy (non-hydrogen) atoms. The van der Waals surface area contributed by atoms with Gasteiger partial charge in [0.2, 0.25) is 11.5 Å². The lowest BCUT2D eigenvalue weighted by Crippen LogP contribution is -2.35. The average Bonchev–Trinajstić information content (AvgIpc) is 2.46. The maximum absolute atomic E-state index is 11.8. The van der Waals surface area contributed by atoms with E-state index in [2.05, 4.69) is 14.4 Å². The Hall–Kier alpha value is -2.59. The van der Waals surface area contributed by atoms with Crippen molar-refractivity contribution in [2.24, 2.45) is 11.8 Å². The van der Waals surface area contributed by atoms with Gasteiger partial charge in [-0.25, -0.2) is 14.4 Å². The van der Waals surface area contributed by atoms with Crippen LogP contribution < -0.4 is 11.8 Å². The van der Waals surface area contributed by atoms with E-state index in [1.54, 1.807) is 0 Å². The largest absolute Gasteiger partial charge is 0.463 e. The van der Waals surface area contributed by atoms with Crippen LogP contribution in [0, 0.1) is 0 Å². The first kappa shape index (κ1) is 20.4. The minimum absolute atomic E-state index is 0.354. The van der Waals surface area contributed by atoms with Gasteiger partial charge in [-0.05, 0) is 38.8 Å². The molecule has 10 nitrogen and oxygen atoms in total. The van der Waals surface area contributed by atoms with E-state index in [9.17, 15) is 14.4 Å². The van der Waals surface area contributed by atoms with Gasteiger partial charge in [0, 0.05) is 0 Å². The fraction of sp³-hybridized carbons (Fsp3) is 0.462. The van der Waals surface area contributed by atoms with Gasteiger partial charge >= 0.3 is 24.2 Å². The van der Waals surface area contributed by atoms with Crippen LogP contribution in [-0.4, -0.2) is 31.3 Å². The number of allylic oxidation sites excluding steroid dienone is 2. The van der Waals surface area contributed by atoms with Crippen LogP contribution in [0.4, 0.5) is 0 Å². The molecule has 0 saturated heterocycles. The van der Waals surface area contributed by atoms with Crippen LogP contribution in [0.2, 0.25) is 0 Å². The molecule has 0 radical (unpaired) electrons. The Morgan fingerprint density at radius 1 is 0.783 bits per heavy atom. The first-order valence-corrected chi connectivity index (χ1v) is 6.27. The van der Waals surface area contributed by atoms with Crippen LogP contribution in [0.3, 0.4) is 0 Å². The maximum atomic E-state index is 11.8. The van der Waals surface area contributed by atoms with Crippen LogP contribution in [0.15, 0.2) is 22.7 Å². The van der Waals surface area contributed by atoms with Gasteiger partial charge in [0.05, 0.1) is 7.11 Å². The number of methoxy groups -OCH3 is 1. The van der Waals surface area contributed by atoms with E-state index in [1.165, 1.54) is 27.7 Å². The SMILES string of the molecule is COC(=O)C(OC(=O)C(ON)=C(C)C)OC(=O)C(ON)=C(C)C. The molecule has 0 aromatic rings.